The minimum Gasteiger partial charge on any atom is -0.481 e. The number of rotatable bonds is 2. The fourth-order valence-corrected chi connectivity index (χ4v) is 2.65. The quantitative estimate of drug-likeness (QED) is 0.894. The Hall–Kier alpha value is -1.42. The van der Waals surface area contributed by atoms with Crippen LogP contribution in [0.1, 0.15) is 32.3 Å². The van der Waals surface area contributed by atoms with Crippen molar-refractivity contribution in [2.45, 2.75) is 32.2 Å². The van der Waals surface area contributed by atoms with E-state index >= 15 is 0 Å². The molecule has 0 bridgehead atoms. The van der Waals surface area contributed by atoms with Gasteiger partial charge in [-0.1, -0.05) is 12.1 Å². The van der Waals surface area contributed by atoms with Gasteiger partial charge in [0.25, 0.3) is 0 Å². The Morgan fingerprint density at radius 2 is 1.84 bits per heavy atom. The number of likely N-dealkylation sites (tertiary alicyclic amines) is 1. The van der Waals surface area contributed by atoms with Gasteiger partial charge in [0.2, 0.25) is 0 Å². The Morgan fingerprint density at radius 1 is 1.26 bits per heavy atom. The van der Waals surface area contributed by atoms with Crippen LogP contribution in [0.5, 0.6) is 0 Å². The van der Waals surface area contributed by atoms with Crippen LogP contribution in [0, 0.1) is 11.7 Å². The first-order valence-corrected chi connectivity index (χ1v) is 6.52. The number of carboxylic acids is 1. The van der Waals surface area contributed by atoms with Gasteiger partial charge in [-0.05, 0) is 38.5 Å². The van der Waals surface area contributed by atoms with Crippen molar-refractivity contribution in [2.24, 2.45) is 5.92 Å². The Morgan fingerprint density at radius 3 is 2.32 bits per heavy atom. The molecule has 104 valence electrons. The zero-order chi connectivity index (χ0) is 14.2. The summed E-state index contributed by atoms with van der Waals surface area (Å²) in [6.07, 6.45) is 0. The van der Waals surface area contributed by atoms with Crippen LogP contribution in [0.4, 0.5) is 4.39 Å². The number of nitrogens with zero attached hydrogens (tertiary/aromatic N) is 1. The molecule has 1 aromatic rings. The van der Waals surface area contributed by atoms with Crippen molar-refractivity contribution in [1.82, 2.24) is 4.90 Å². The number of hydrogen-bond donors (Lipinski definition) is 1. The second-order valence-electron chi connectivity index (χ2n) is 6.18. The van der Waals surface area contributed by atoms with Crippen LogP contribution in [0.15, 0.2) is 24.3 Å². The van der Waals surface area contributed by atoms with E-state index in [1.807, 2.05) is 0 Å². The van der Waals surface area contributed by atoms with Gasteiger partial charge in [0.05, 0.1) is 5.92 Å². The van der Waals surface area contributed by atoms with Crippen LogP contribution in [0.25, 0.3) is 0 Å². The zero-order valence-electron chi connectivity index (χ0n) is 11.6. The van der Waals surface area contributed by atoms with E-state index in [2.05, 4.69) is 25.7 Å². The van der Waals surface area contributed by atoms with Crippen molar-refractivity contribution < 1.29 is 14.3 Å². The molecular formula is C15H20FNO2. The van der Waals surface area contributed by atoms with Gasteiger partial charge in [0.15, 0.2) is 0 Å². The smallest absolute Gasteiger partial charge is 0.308 e. The van der Waals surface area contributed by atoms with Gasteiger partial charge in [-0.15, -0.1) is 0 Å². The van der Waals surface area contributed by atoms with Crippen molar-refractivity contribution in [1.29, 1.82) is 0 Å². The summed E-state index contributed by atoms with van der Waals surface area (Å²) < 4.78 is 13.0. The van der Waals surface area contributed by atoms with E-state index in [1.165, 1.54) is 12.1 Å². The third-order valence-corrected chi connectivity index (χ3v) is 3.88. The molecule has 2 unspecified atom stereocenters. The molecular weight excluding hydrogens is 245 g/mol. The first-order chi connectivity index (χ1) is 8.79. The van der Waals surface area contributed by atoms with Crippen LogP contribution in [-0.2, 0) is 4.79 Å². The van der Waals surface area contributed by atoms with Crippen molar-refractivity contribution >= 4 is 5.97 Å². The molecule has 1 fully saturated rings. The van der Waals surface area contributed by atoms with Crippen molar-refractivity contribution in [2.75, 3.05) is 13.1 Å². The standard InChI is InChI=1S/C15H20FNO2/c1-15(2,3)17-8-12(13(9-17)14(18)19)10-4-6-11(16)7-5-10/h4-7,12-13H,8-9H2,1-3H3,(H,18,19). The highest BCUT2D eigenvalue weighted by atomic mass is 19.1. The van der Waals surface area contributed by atoms with Gasteiger partial charge in [0.1, 0.15) is 5.82 Å². The summed E-state index contributed by atoms with van der Waals surface area (Å²) >= 11 is 0. The first kappa shape index (κ1) is 14.0. The molecule has 1 saturated heterocycles. The molecule has 1 N–H and O–H groups in total. The van der Waals surface area contributed by atoms with E-state index in [0.29, 0.717) is 13.1 Å². The highest BCUT2D eigenvalue weighted by Gasteiger charge is 2.41. The summed E-state index contributed by atoms with van der Waals surface area (Å²) in [5.74, 6) is -1.57. The predicted molar refractivity (Wildman–Crippen MR) is 71.6 cm³/mol. The van der Waals surface area contributed by atoms with Crippen LogP contribution in [-0.4, -0.2) is 34.6 Å². The van der Waals surface area contributed by atoms with E-state index in [0.717, 1.165) is 5.56 Å². The molecule has 1 heterocycles. The van der Waals surface area contributed by atoms with E-state index in [-0.39, 0.29) is 17.3 Å². The average molecular weight is 265 g/mol. The molecule has 4 heteroatoms. The number of hydrogen-bond acceptors (Lipinski definition) is 2. The molecule has 3 nitrogen and oxygen atoms in total. The summed E-state index contributed by atoms with van der Waals surface area (Å²) in [5, 5.41) is 9.38. The van der Waals surface area contributed by atoms with Crippen LogP contribution in [0.3, 0.4) is 0 Å². The number of carbonyl (C=O) groups is 1. The third kappa shape index (κ3) is 2.95. The number of carboxylic acid groups (broad SMARTS) is 1. The third-order valence-electron chi connectivity index (χ3n) is 3.88. The van der Waals surface area contributed by atoms with Gasteiger partial charge in [-0.25, -0.2) is 4.39 Å². The molecule has 1 aliphatic rings. The monoisotopic (exact) mass is 265 g/mol. The number of benzene rings is 1. The minimum absolute atomic E-state index is 0.0531. The largest absolute Gasteiger partial charge is 0.481 e. The Bertz CT molecular complexity index is 464. The number of aliphatic carboxylic acids is 1. The molecule has 0 radical (unpaired) electrons. The van der Waals surface area contributed by atoms with E-state index < -0.39 is 11.9 Å². The second-order valence-corrected chi connectivity index (χ2v) is 6.18. The zero-order valence-corrected chi connectivity index (χ0v) is 11.6. The summed E-state index contributed by atoms with van der Waals surface area (Å²) in [6, 6.07) is 6.19. The van der Waals surface area contributed by atoms with E-state index in [4.69, 9.17) is 0 Å². The lowest BCUT2D eigenvalue weighted by Crippen LogP contribution is -2.40. The molecule has 0 saturated carbocycles. The molecule has 0 amide bonds. The number of halogens is 1. The molecule has 0 aromatic heterocycles. The van der Waals surface area contributed by atoms with Crippen molar-refractivity contribution in [3.05, 3.63) is 35.6 Å². The fraction of sp³-hybridized carbons (Fsp3) is 0.533. The Kier molecular flexibility index (Phi) is 3.63. The van der Waals surface area contributed by atoms with Gasteiger partial charge >= 0.3 is 5.97 Å². The minimum atomic E-state index is -0.777. The average Bonchev–Trinajstić information content (AvgIpc) is 2.74. The van der Waals surface area contributed by atoms with Crippen LogP contribution < -0.4 is 0 Å². The van der Waals surface area contributed by atoms with E-state index in [1.54, 1.807) is 12.1 Å². The lowest BCUT2D eigenvalue weighted by Gasteiger charge is -2.31. The maximum absolute atomic E-state index is 13.0. The predicted octanol–water partition coefficient (Wildman–Crippen LogP) is 2.72. The van der Waals surface area contributed by atoms with Gasteiger partial charge in [-0.3, -0.25) is 9.69 Å². The summed E-state index contributed by atoms with van der Waals surface area (Å²) in [6.45, 7) is 7.49. The summed E-state index contributed by atoms with van der Waals surface area (Å²) in [5.41, 5.74) is 0.850. The van der Waals surface area contributed by atoms with Crippen molar-refractivity contribution in [3.8, 4) is 0 Å². The lowest BCUT2D eigenvalue weighted by atomic mass is 9.89. The van der Waals surface area contributed by atoms with Gasteiger partial charge < -0.3 is 5.11 Å². The molecule has 19 heavy (non-hydrogen) atoms. The normalized spacial score (nSPS) is 24.6. The van der Waals surface area contributed by atoms with Crippen molar-refractivity contribution in [3.63, 3.8) is 0 Å². The first-order valence-electron chi connectivity index (χ1n) is 6.52. The lowest BCUT2D eigenvalue weighted by molar-refractivity contribution is -0.141. The van der Waals surface area contributed by atoms with Gasteiger partial charge in [0, 0.05) is 24.5 Å². The maximum atomic E-state index is 13.0. The second kappa shape index (κ2) is 4.93. The Labute approximate surface area is 113 Å². The maximum Gasteiger partial charge on any atom is 0.308 e. The molecule has 2 atom stereocenters. The molecule has 0 aliphatic carbocycles. The van der Waals surface area contributed by atoms with E-state index in [9.17, 15) is 14.3 Å². The highest BCUT2D eigenvalue weighted by molar-refractivity contribution is 5.72. The molecule has 1 aromatic carbocycles. The Balaban J connectivity index is 2.27. The highest BCUT2D eigenvalue weighted by Crippen LogP contribution is 2.36. The summed E-state index contributed by atoms with van der Waals surface area (Å²) in [4.78, 5) is 13.6. The molecule has 0 spiro atoms. The van der Waals surface area contributed by atoms with Crippen LogP contribution in [0.2, 0.25) is 0 Å². The molecule has 2 rings (SSSR count). The molecule has 1 aliphatic heterocycles. The fourth-order valence-electron chi connectivity index (χ4n) is 2.65. The topological polar surface area (TPSA) is 40.5 Å². The SMILES string of the molecule is CC(C)(C)N1CC(C(=O)O)C(c2ccc(F)cc2)C1. The van der Waals surface area contributed by atoms with Crippen LogP contribution >= 0.6 is 0 Å². The van der Waals surface area contributed by atoms with Gasteiger partial charge in [-0.2, -0.15) is 0 Å². The summed E-state index contributed by atoms with van der Waals surface area (Å²) in [7, 11) is 0.